The molecule has 0 aliphatic carbocycles. The summed E-state index contributed by atoms with van der Waals surface area (Å²) in [5.74, 6) is 0.561. The number of hydrogen-bond acceptors (Lipinski definition) is 6. The van der Waals surface area contributed by atoms with E-state index in [9.17, 15) is 4.79 Å². The molecule has 0 N–H and O–H groups in total. The summed E-state index contributed by atoms with van der Waals surface area (Å²) in [5.41, 5.74) is 0. The monoisotopic (exact) mass is 269 g/mol. The third kappa shape index (κ3) is 4.94. The van der Waals surface area contributed by atoms with E-state index in [-0.39, 0.29) is 18.6 Å². The fourth-order valence-electron chi connectivity index (χ4n) is 1.70. The van der Waals surface area contributed by atoms with E-state index in [0.29, 0.717) is 13.2 Å². The van der Waals surface area contributed by atoms with E-state index in [1.165, 1.54) is 0 Å². The van der Waals surface area contributed by atoms with Crippen LogP contribution in [0.4, 0.5) is 0 Å². The number of esters is 1. The van der Waals surface area contributed by atoms with Gasteiger partial charge in [-0.3, -0.25) is 9.69 Å². The van der Waals surface area contributed by atoms with Gasteiger partial charge in [-0.25, -0.2) is 4.68 Å². The van der Waals surface area contributed by atoms with E-state index in [1.54, 1.807) is 11.6 Å². The average Bonchev–Trinajstić information content (AvgIpc) is 2.76. The first-order valence-corrected chi connectivity index (χ1v) is 6.73. The standard InChI is InChI=1S/C12H23N5O2/c1-5-7-17-11(13-14-15-17)8-16(10(3)4)9-12(18)19-6-2/h10H,5-9H2,1-4H3. The maximum Gasteiger partial charge on any atom is 0.320 e. The van der Waals surface area contributed by atoms with Gasteiger partial charge in [-0.2, -0.15) is 0 Å². The zero-order chi connectivity index (χ0) is 14.3. The van der Waals surface area contributed by atoms with Gasteiger partial charge in [0.05, 0.1) is 19.7 Å². The van der Waals surface area contributed by atoms with Gasteiger partial charge in [-0.05, 0) is 37.6 Å². The van der Waals surface area contributed by atoms with Gasteiger partial charge in [-0.15, -0.1) is 5.10 Å². The molecule has 0 aromatic carbocycles. The predicted molar refractivity (Wildman–Crippen MR) is 70.3 cm³/mol. The van der Waals surface area contributed by atoms with Crippen LogP contribution < -0.4 is 0 Å². The smallest absolute Gasteiger partial charge is 0.320 e. The Kier molecular flexibility index (Phi) is 6.41. The van der Waals surface area contributed by atoms with Gasteiger partial charge in [0.1, 0.15) is 0 Å². The Labute approximate surface area is 113 Å². The molecule has 0 aliphatic heterocycles. The first-order chi connectivity index (χ1) is 9.08. The summed E-state index contributed by atoms with van der Waals surface area (Å²) in [6.07, 6.45) is 0.970. The first-order valence-electron chi connectivity index (χ1n) is 6.73. The van der Waals surface area contributed by atoms with Crippen LogP contribution >= 0.6 is 0 Å². The van der Waals surface area contributed by atoms with Crippen molar-refractivity contribution in [1.29, 1.82) is 0 Å². The van der Waals surface area contributed by atoms with Crippen LogP contribution in [-0.4, -0.2) is 50.3 Å². The normalized spacial score (nSPS) is 11.3. The summed E-state index contributed by atoms with van der Waals surface area (Å²) < 4.78 is 6.76. The first kappa shape index (κ1) is 15.6. The molecule has 0 atom stereocenters. The van der Waals surface area contributed by atoms with Crippen molar-refractivity contribution < 1.29 is 9.53 Å². The number of nitrogens with zero attached hydrogens (tertiary/aromatic N) is 5. The van der Waals surface area contributed by atoms with Gasteiger partial charge in [0, 0.05) is 12.6 Å². The maximum atomic E-state index is 11.6. The average molecular weight is 269 g/mol. The quantitative estimate of drug-likeness (QED) is 0.652. The molecule has 0 radical (unpaired) electrons. The molecule has 0 saturated heterocycles. The third-order valence-corrected chi connectivity index (χ3v) is 2.75. The van der Waals surface area contributed by atoms with E-state index < -0.39 is 0 Å². The fraction of sp³-hybridized carbons (Fsp3) is 0.833. The second-order valence-corrected chi connectivity index (χ2v) is 4.62. The molecular weight excluding hydrogens is 246 g/mol. The second-order valence-electron chi connectivity index (χ2n) is 4.62. The number of carbonyl (C=O) groups excluding carboxylic acids is 1. The highest BCUT2D eigenvalue weighted by Gasteiger charge is 2.18. The molecule has 1 rings (SSSR count). The van der Waals surface area contributed by atoms with Crippen LogP contribution in [0, 0.1) is 0 Å². The number of aromatic nitrogens is 4. The Morgan fingerprint density at radius 3 is 2.74 bits per heavy atom. The Hall–Kier alpha value is -1.50. The molecule has 1 aromatic heterocycles. The number of hydrogen-bond donors (Lipinski definition) is 0. The van der Waals surface area contributed by atoms with Gasteiger partial charge >= 0.3 is 5.97 Å². The molecule has 7 nitrogen and oxygen atoms in total. The fourth-order valence-corrected chi connectivity index (χ4v) is 1.70. The van der Waals surface area contributed by atoms with Crippen molar-refractivity contribution in [3.63, 3.8) is 0 Å². The van der Waals surface area contributed by atoms with E-state index >= 15 is 0 Å². The van der Waals surface area contributed by atoms with Crippen LogP contribution in [0.15, 0.2) is 0 Å². The maximum absolute atomic E-state index is 11.6. The van der Waals surface area contributed by atoms with Crippen molar-refractivity contribution in [2.45, 2.75) is 53.2 Å². The predicted octanol–water partition coefficient (Wildman–Crippen LogP) is 0.857. The summed E-state index contributed by atoms with van der Waals surface area (Å²) >= 11 is 0. The number of aryl methyl sites for hydroxylation is 1. The Morgan fingerprint density at radius 2 is 2.16 bits per heavy atom. The molecule has 7 heteroatoms. The minimum absolute atomic E-state index is 0.217. The molecule has 0 bridgehead atoms. The molecule has 0 unspecified atom stereocenters. The van der Waals surface area contributed by atoms with Gasteiger partial charge in [0.15, 0.2) is 5.82 Å². The Morgan fingerprint density at radius 1 is 1.42 bits per heavy atom. The summed E-state index contributed by atoms with van der Waals surface area (Å²) in [4.78, 5) is 13.6. The van der Waals surface area contributed by atoms with E-state index in [1.807, 2.05) is 18.7 Å². The lowest BCUT2D eigenvalue weighted by Gasteiger charge is -2.24. The Bertz CT molecular complexity index is 391. The molecule has 0 spiro atoms. The van der Waals surface area contributed by atoms with Crippen LogP contribution in [-0.2, 0) is 22.6 Å². The molecule has 0 amide bonds. The molecule has 0 fully saturated rings. The summed E-state index contributed by atoms with van der Waals surface area (Å²) in [6, 6.07) is 0.219. The van der Waals surface area contributed by atoms with Crippen LogP contribution in [0.1, 0.15) is 39.9 Å². The highest BCUT2D eigenvalue weighted by Crippen LogP contribution is 2.06. The van der Waals surface area contributed by atoms with E-state index in [4.69, 9.17) is 4.74 Å². The van der Waals surface area contributed by atoms with Crippen LogP contribution in [0.2, 0.25) is 0 Å². The molecule has 0 saturated carbocycles. The summed E-state index contributed by atoms with van der Waals surface area (Å²) in [5, 5.41) is 11.7. The number of ether oxygens (including phenoxy) is 1. The van der Waals surface area contributed by atoms with Crippen molar-refractivity contribution in [1.82, 2.24) is 25.1 Å². The number of rotatable bonds is 8. The molecule has 0 aliphatic rings. The molecule has 19 heavy (non-hydrogen) atoms. The minimum Gasteiger partial charge on any atom is -0.465 e. The summed E-state index contributed by atoms with van der Waals surface area (Å²) in [7, 11) is 0. The second kappa shape index (κ2) is 7.83. The van der Waals surface area contributed by atoms with Crippen molar-refractivity contribution >= 4 is 5.97 Å². The number of carbonyl (C=O) groups is 1. The van der Waals surface area contributed by atoms with Crippen molar-refractivity contribution in [3.8, 4) is 0 Å². The van der Waals surface area contributed by atoms with Crippen molar-refractivity contribution in [2.75, 3.05) is 13.2 Å². The SMILES string of the molecule is CCCn1nnnc1CN(CC(=O)OCC)C(C)C. The zero-order valence-electron chi connectivity index (χ0n) is 12.2. The third-order valence-electron chi connectivity index (χ3n) is 2.75. The number of tetrazole rings is 1. The largest absolute Gasteiger partial charge is 0.465 e. The van der Waals surface area contributed by atoms with Crippen LogP contribution in [0.5, 0.6) is 0 Å². The molecular formula is C12H23N5O2. The van der Waals surface area contributed by atoms with Gasteiger partial charge in [0.25, 0.3) is 0 Å². The van der Waals surface area contributed by atoms with E-state index in [0.717, 1.165) is 18.8 Å². The molecule has 1 aromatic rings. The lowest BCUT2D eigenvalue weighted by atomic mass is 10.3. The van der Waals surface area contributed by atoms with Gasteiger partial charge in [-0.1, -0.05) is 6.92 Å². The summed E-state index contributed by atoms with van der Waals surface area (Å²) in [6.45, 7) is 9.93. The van der Waals surface area contributed by atoms with Gasteiger partial charge in [0.2, 0.25) is 0 Å². The lowest BCUT2D eigenvalue weighted by molar-refractivity contribution is -0.145. The minimum atomic E-state index is -0.217. The van der Waals surface area contributed by atoms with Crippen molar-refractivity contribution in [3.05, 3.63) is 5.82 Å². The Balaban J connectivity index is 2.67. The van der Waals surface area contributed by atoms with Crippen LogP contribution in [0.3, 0.4) is 0 Å². The highest BCUT2D eigenvalue weighted by atomic mass is 16.5. The molecule has 1 heterocycles. The van der Waals surface area contributed by atoms with Crippen molar-refractivity contribution in [2.24, 2.45) is 0 Å². The lowest BCUT2D eigenvalue weighted by Crippen LogP contribution is -2.36. The topological polar surface area (TPSA) is 73.1 Å². The molecule has 108 valence electrons. The van der Waals surface area contributed by atoms with Crippen LogP contribution in [0.25, 0.3) is 0 Å². The highest BCUT2D eigenvalue weighted by molar-refractivity contribution is 5.71. The van der Waals surface area contributed by atoms with Gasteiger partial charge < -0.3 is 4.74 Å². The van der Waals surface area contributed by atoms with E-state index in [2.05, 4.69) is 22.4 Å². The zero-order valence-corrected chi connectivity index (χ0v) is 12.2.